The fraction of sp³-hybridized carbons (Fsp3) is 0.450. The van der Waals surface area contributed by atoms with E-state index in [2.05, 4.69) is 9.88 Å². The third-order valence-corrected chi connectivity index (χ3v) is 6.64. The average Bonchev–Trinajstić information content (AvgIpc) is 3.35. The van der Waals surface area contributed by atoms with Crippen LogP contribution in [0.25, 0.3) is 10.2 Å². The van der Waals surface area contributed by atoms with E-state index in [0.717, 1.165) is 55.0 Å². The van der Waals surface area contributed by atoms with Crippen molar-refractivity contribution in [3.63, 3.8) is 0 Å². The van der Waals surface area contributed by atoms with Crippen LogP contribution in [0.15, 0.2) is 24.5 Å². The van der Waals surface area contributed by atoms with Crippen LogP contribution in [0.1, 0.15) is 22.6 Å². The third-order valence-electron chi connectivity index (χ3n) is 5.18. The maximum Gasteiger partial charge on any atom is 0.296 e. The number of carbonyl (C=O) groups excluding carboxylic acids is 1. The maximum absolute atomic E-state index is 13.3. The Kier molecular flexibility index (Phi) is 6.15. The molecular weight excluding hydrogens is 410 g/mol. The second kappa shape index (κ2) is 8.79. The number of nitrogens with zero attached hydrogens (tertiary/aromatic N) is 5. The van der Waals surface area contributed by atoms with Crippen LogP contribution in [-0.2, 0) is 11.8 Å². The molecule has 2 aromatic heterocycles. The van der Waals surface area contributed by atoms with Crippen LogP contribution in [0, 0.1) is 6.92 Å². The Morgan fingerprint density at radius 1 is 1.34 bits per heavy atom. The van der Waals surface area contributed by atoms with E-state index in [0.29, 0.717) is 22.5 Å². The van der Waals surface area contributed by atoms with Crippen molar-refractivity contribution >= 4 is 44.2 Å². The molecule has 0 unspecified atom stereocenters. The molecule has 1 fully saturated rings. The zero-order valence-electron chi connectivity index (χ0n) is 16.6. The summed E-state index contributed by atoms with van der Waals surface area (Å²) in [5, 5.41) is 1.36. The van der Waals surface area contributed by atoms with Gasteiger partial charge in [-0.3, -0.25) is 14.6 Å². The van der Waals surface area contributed by atoms with Gasteiger partial charge in [0.2, 0.25) is 0 Å². The number of thiazole rings is 1. The lowest BCUT2D eigenvalue weighted by atomic mass is 10.2. The zero-order valence-corrected chi connectivity index (χ0v) is 18.2. The molecule has 3 aromatic rings. The second-order valence-corrected chi connectivity index (χ2v) is 8.56. The van der Waals surface area contributed by atoms with Crippen LogP contribution in [-0.4, -0.2) is 64.7 Å². The predicted molar refractivity (Wildman–Crippen MR) is 116 cm³/mol. The van der Waals surface area contributed by atoms with Crippen LogP contribution in [0.4, 0.5) is 5.13 Å². The molecular formula is C20H24ClN5O2S. The molecule has 0 bridgehead atoms. The first-order valence-electron chi connectivity index (χ1n) is 9.69. The summed E-state index contributed by atoms with van der Waals surface area (Å²) in [7, 11) is 1.83. The number of aromatic nitrogens is 3. The molecule has 0 aliphatic carbocycles. The molecule has 4 rings (SSSR count). The van der Waals surface area contributed by atoms with E-state index in [1.165, 1.54) is 11.3 Å². The zero-order chi connectivity index (χ0) is 20.4. The van der Waals surface area contributed by atoms with Crippen molar-refractivity contribution in [2.24, 2.45) is 7.05 Å². The number of carbonyl (C=O) groups is 1. The summed E-state index contributed by atoms with van der Waals surface area (Å²) in [4.78, 5) is 26.4. The van der Waals surface area contributed by atoms with Gasteiger partial charge in [-0.05, 0) is 31.0 Å². The first-order chi connectivity index (χ1) is 14.0. The highest BCUT2D eigenvalue weighted by molar-refractivity contribution is 7.22. The molecule has 3 heterocycles. The number of hydrogen-bond acceptors (Lipinski definition) is 6. The molecule has 29 heavy (non-hydrogen) atoms. The van der Waals surface area contributed by atoms with Crippen LogP contribution in [0.3, 0.4) is 0 Å². The van der Waals surface area contributed by atoms with Gasteiger partial charge in [-0.15, -0.1) is 0 Å². The van der Waals surface area contributed by atoms with Crippen molar-refractivity contribution in [3.8, 4) is 0 Å². The highest BCUT2D eigenvalue weighted by Crippen LogP contribution is 2.34. The molecule has 1 aliphatic heterocycles. The number of rotatable bonds is 6. The number of ether oxygens (including phenoxy) is 1. The van der Waals surface area contributed by atoms with Gasteiger partial charge in [-0.2, -0.15) is 0 Å². The van der Waals surface area contributed by atoms with Gasteiger partial charge >= 0.3 is 0 Å². The molecule has 1 aliphatic rings. The minimum Gasteiger partial charge on any atom is -0.379 e. The van der Waals surface area contributed by atoms with Gasteiger partial charge in [-0.25, -0.2) is 9.97 Å². The van der Waals surface area contributed by atoms with Gasteiger partial charge in [0.15, 0.2) is 11.0 Å². The summed E-state index contributed by atoms with van der Waals surface area (Å²) in [5.74, 6) is 0.271. The van der Waals surface area contributed by atoms with Gasteiger partial charge in [0.25, 0.3) is 5.91 Å². The van der Waals surface area contributed by atoms with E-state index in [4.69, 9.17) is 21.3 Å². The van der Waals surface area contributed by atoms with Crippen molar-refractivity contribution in [1.29, 1.82) is 0 Å². The monoisotopic (exact) mass is 433 g/mol. The Balaban J connectivity index is 1.60. The fourth-order valence-corrected chi connectivity index (χ4v) is 4.66. The Morgan fingerprint density at radius 3 is 2.86 bits per heavy atom. The number of benzene rings is 1. The van der Waals surface area contributed by atoms with Crippen LogP contribution in [0.5, 0.6) is 0 Å². The SMILES string of the molecule is Cc1c(Cl)ccc2sc(N(CCCN3CCOCC3)C(=O)c3nccn3C)nc12. The Labute approximate surface area is 178 Å². The van der Waals surface area contributed by atoms with E-state index in [1.54, 1.807) is 21.9 Å². The lowest BCUT2D eigenvalue weighted by Gasteiger charge is -2.27. The summed E-state index contributed by atoms with van der Waals surface area (Å²) in [6, 6.07) is 3.84. The second-order valence-electron chi connectivity index (χ2n) is 7.14. The Hall–Kier alpha value is -2.00. The number of halogens is 1. The molecule has 0 atom stereocenters. The number of hydrogen-bond donors (Lipinski definition) is 0. The molecule has 1 saturated heterocycles. The van der Waals surface area contributed by atoms with E-state index in [1.807, 2.05) is 26.1 Å². The number of aryl methyl sites for hydroxylation is 2. The summed E-state index contributed by atoms with van der Waals surface area (Å²) < 4.78 is 8.18. The molecule has 0 saturated carbocycles. The van der Waals surface area contributed by atoms with Crippen molar-refractivity contribution in [3.05, 3.63) is 40.9 Å². The van der Waals surface area contributed by atoms with Gasteiger partial charge in [0, 0.05) is 50.6 Å². The molecule has 0 spiro atoms. The molecule has 1 aromatic carbocycles. The minimum absolute atomic E-state index is 0.137. The maximum atomic E-state index is 13.3. The Morgan fingerprint density at radius 2 is 2.14 bits per heavy atom. The standard InChI is InChI=1S/C20H24ClN5O2S/c1-14-15(21)4-5-16-17(14)23-20(29-16)26(19(27)18-22-6-9-24(18)2)8-3-7-25-10-12-28-13-11-25/h4-6,9H,3,7-8,10-13H2,1-2H3. The fourth-order valence-electron chi connectivity index (χ4n) is 3.46. The molecule has 154 valence electrons. The molecule has 7 nitrogen and oxygen atoms in total. The summed E-state index contributed by atoms with van der Waals surface area (Å²) in [5.41, 5.74) is 1.78. The van der Waals surface area contributed by atoms with Crippen LogP contribution >= 0.6 is 22.9 Å². The minimum atomic E-state index is -0.137. The number of fused-ring (bicyclic) bond motifs is 1. The van der Waals surface area contributed by atoms with Crippen LogP contribution in [0.2, 0.25) is 5.02 Å². The third kappa shape index (κ3) is 4.30. The predicted octanol–water partition coefficient (Wildman–Crippen LogP) is 3.36. The van der Waals surface area contributed by atoms with Crippen molar-refractivity contribution in [2.45, 2.75) is 13.3 Å². The van der Waals surface area contributed by atoms with E-state index < -0.39 is 0 Å². The number of imidazole rings is 1. The normalized spacial score (nSPS) is 15.1. The van der Waals surface area contributed by atoms with Gasteiger partial charge < -0.3 is 9.30 Å². The summed E-state index contributed by atoms with van der Waals surface area (Å²) >= 11 is 7.78. The van der Waals surface area contributed by atoms with Crippen molar-refractivity contribution in [1.82, 2.24) is 19.4 Å². The van der Waals surface area contributed by atoms with Gasteiger partial charge in [0.1, 0.15) is 0 Å². The largest absolute Gasteiger partial charge is 0.379 e. The highest BCUT2D eigenvalue weighted by Gasteiger charge is 2.25. The molecule has 0 N–H and O–H groups in total. The molecule has 1 amide bonds. The average molecular weight is 434 g/mol. The van der Waals surface area contributed by atoms with Crippen LogP contribution < -0.4 is 4.90 Å². The van der Waals surface area contributed by atoms with Gasteiger partial charge in [-0.1, -0.05) is 22.9 Å². The number of morpholine rings is 1. The van der Waals surface area contributed by atoms with Crippen molar-refractivity contribution < 1.29 is 9.53 Å². The Bertz CT molecular complexity index is 1010. The quantitative estimate of drug-likeness (QED) is 0.596. The topological polar surface area (TPSA) is 63.5 Å². The summed E-state index contributed by atoms with van der Waals surface area (Å²) in [6.45, 7) is 6.87. The summed E-state index contributed by atoms with van der Waals surface area (Å²) in [6.07, 6.45) is 4.27. The van der Waals surface area contributed by atoms with Crippen molar-refractivity contribution in [2.75, 3.05) is 44.3 Å². The lowest BCUT2D eigenvalue weighted by molar-refractivity contribution is 0.0376. The number of amides is 1. The van der Waals surface area contributed by atoms with Gasteiger partial charge in [0.05, 0.1) is 23.4 Å². The van der Waals surface area contributed by atoms with E-state index in [-0.39, 0.29) is 5.91 Å². The highest BCUT2D eigenvalue weighted by atomic mass is 35.5. The first kappa shape index (κ1) is 20.3. The molecule has 9 heteroatoms. The lowest BCUT2D eigenvalue weighted by Crippen LogP contribution is -2.39. The van der Waals surface area contributed by atoms with E-state index >= 15 is 0 Å². The first-order valence-corrected chi connectivity index (χ1v) is 10.9. The molecule has 0 radical (unpaired) electrons. The smallest absolute Gasteiger partial charge is 0.296 e. The van der Waals surface area contributed by atoms with E-state index in [9.17, 15) is 4.79 Å². The number of anilines is 1.